The number of carbonyl (C=O) groups is 1. The van der Waals surface area contributed by atoms with Crippen LogP contribution in [0.2, 0.25) is 0 Å². The zero-order valence-electron chi connectivity index (χ0n) is 10.1. The van der Waals surface area contributed by atoms with Gasteiger partial charge in [0, 0.05) is 28.7 Å². The molecule has 1 aliphatic rings. The van der Waals surface area contributed by atoms with Gasteiger partial charge in [-0.15, -0.1) is 11.3 Å². The van der Waals surface area contributed by atoms with Crippen molar-refractivity contribution in [2.75, 3.05) is 13.2 Å². The Morgan fingerprint density at radius 1 is 1.53 bits per heavy atom. The summed E-state index contributed by atoms with van der Waals surface area (Å²) >= 11 is 1.01. The summed E-state index contributed by atoms with van der Waals surface area (Å²) in [7, 11) is 1.52. The van der Waals surface area contributed by atoms with Gasteiger partial charge in [-0.2, -0.15) is 0 Å². The highest BCUT2D eigenvalue weighted by Crippen LogP contribution is 2.25. The molecular formula is C11H14ClNO4S2. The Kier molecular flexibility index (Phi) is 4.83. The van der Waals surface area contributed by atoms with Crippen LogP contribution in [-0.4, -0.2) is 33.6 Å². The summed E-state index contributed by atoms with van der Waals surface area (Å²) in [5, 5.41) is 2.78. The Balaban J connectivity index is 1.83. The second-order valence-electron chi connectivity index (χ2n) is 4.27. The third-order valence-corrected chi connectivity index (χ3v) is 5.94. The number of nitrogens with one attached hydrogen (secondary N) is 1. The average molecular weight is 324 g/mol. The van der Waals surface area contributed by atoms with Crippen molar-refractivity contribution < 1.29 is 17.9 Å². The van der Waals surface area contributed by atoms with E-state index in [-0.39, 0.29) is 22.6 Å². The number of hydrogen-bond donors (Lipinski definition) is 1. The minimum absolute atomic E-state index is 0.0658. The number of rotatable bonds is 5. The summed E-state index contributed by atoms with van der Waals surface area (Å²) in [6.07, 6.45) is 2.26. The van der Waals surface area contributed by atoms with E-state index in [0.717, 1.165) is 30.8 Å². The molecule has 8 heteroatoms. The van der Waals surface area contributed by atoms with E-state index in [1.807, 2.05) is 0 Å². The smallest absolute Gasteiger partial charge is 0.270 e. The highest BCUT2D eigenvalue weighted by Gasteiger charge is 2.17. The van der Waals surface area contributed by atoms with Gasteiger partial charge in [-0.05, 0) is 25.0 Å². The second kappa shape index (κ2) is 6.21. The van der Waals surface area contributed by atoms with Gasteiger partial charge in [0.05, 0.1) is 12.5 Å². The molecule has 1 saturated heterocycles. The molecule has 1 aromatic rings. The highest BCUT2D eigenvalue weighted by atomic mass is 35.7. The molecule has 0 radical (unpaired) electrons. The predicted molar refractivity (Wildman–Crippen MR) is 73.0 cm³/mol. The first-order chi connectivity index (χ1) is 8.95. The maximum atomic E-state index is 11.7. The van der Waals surface area contributed by atoms with Gasteiger partial charge >= 0.3 is 0 Å². The second-order valence-corrected chi connectivity index (χ2v) is 8.24. The Labute approximate surface area is 120 Å². The number of thiophene rings is 1. The van der Waals surface area contributed by atoms with Crippen molar-refractivity contribution in [3.8, 4) is 0 Å². The molecule has 19 heavy (non-hydrogen) atoms. The summed E-state index contributed by atoms with van der Waals surface area (Å²) in [5.41, 5.74) is 0. The van der Waals surface area contributed by atoms with Gasteiger partial charge in [0.15, 0.2) is 0 Å². The molecule has 0 bridgehead atoms. The molecule has 1 amide bonds. The van der Waals surface area contributed by atoms with Crippen molar-refractivity contribution in [2.45, 2.75) is 29.6 Å². The molecule has 1 fully saturated rings. The van der Waals surface area contributed by atoms with Crippen LogP contribution in [0, 0.1) is 0 Å². The predicted octanol–water partition coefficient (Wildman–Crippen LogP) is 1.51. The zero-order chi connectivity index (χ0) is 13.9. The van der Waals surface area contributed by atoms with Crippen molar-refractivity contribution >= 4 is 37.0 Å². The monoisotopic (exact) mass is 323 g/mol. The molecule has 0 saturated carbocycles. The fraction of sp³-hybridized carbons (Fsp3) is 0.545. The first-order valence-corrected chi connectivity index (χ1v) is 8.99. The SMILES string of the molecule is O=C(Cc1ccc(S(=O)(=O)Cl)s1)NCC1CCCO1. The standard InChI is InChI=1S/C11H14ClNO4S2/c12-19(15,16)11-4-3-9(18-11)6-10(14)13-7-8-2-1-5-17-8/h3-4,8H,1-2,5-7H2,(H,13,14). The molecule has 2 rings (SSSR count). The first-order valence-electron chi connectivity index (χ1n) is 5.87. The van der Waals surface area contributed by atoms with Crippen LogP contribution < -0.4 is 5.32 Å². The van der Waals surface area contributed by atoms with Gasteiger partial charge in [-0.1, -0.05) is 0 Å². The Hall–Kier alpha value is -0.630. The largest absolute Gasteiger partial charge is 0.376 e. The van der Waals surface area contributed by atoms with E-state index in [1.54, 1.807) is 6.07 Å². The van der Waals surface area contributed by atoms with Crippen molar-refractivity contribution in [1.82, 2.24) is 5.32 Å². The van der Waals surface area contributed by atoms with Crippen LogP contribution in [-0.2, 0) is 25.0 Å². The number of halogens is 1. The lowest BCUT2D eigenvalue weighted by Crippen LogP contribution is -2.32. The van der Waals surface area contributed by atoms with E-state index in [2.05, 4.69) is 5.32 Å². The highest BCUT2D eigenvalue weighted by molar-refractivity contribution is 8.15. The maximum Gasteiger partial charge on any atom is 0.270 e. The van der Waals surface area contributed by atoms with Crippen LogP contribution in [0.4, 0.5) is 0 Å². The van der Waals surface area contributed by atoms with Crippen molar-refractivity contribution in [3.63, 3.8) is 0 Å². The van der Waals surface area contributed by atoms with Gasteiger partial charge in [0.25, 0.3) is 9.05 Å². The lowest BCUT2D eigenvalue weighted by molar-refractivity contribution is -0.120. The van der Waals surface area contributed by atoms with Crippen LogP contribution >= 0.6 is 22.0 Å². The maximum absolute atomic E-state index is 11.7. The Bertz CT molecular complexity index is 549. The summed E-state index contributed by atoms with van der Waals surface area (Å²) in [4.78, 5) is 12.4. The van der Waals surface area contributed by atoms with E-state index in [4.69, 9.17) is 15.4 Å². The Morgan fingerprint density at radius 3 is 2.89 bits per heavy atom. The summed E-state index contributed by atoms with van der Waals surface area (Å²) in [6, 6.07) is 3.02. The number of carbonyl (C=O) groups excluding carboxylic acids is 1. The minimum Gasteiger partial charge on any atom is -0.376 e. The van der Waals surface area contributed by atoms with Crippen LogP contribution in [0.1, 0.15) is 17.7 Å². The van der Waals surface area contributed by atoms with Gasteiger partial charge in [0.2, 0.25) is 5.91 Å². The van der Waals surface area contributed by atoms with E-state index in [0.29, 0.717) is 11.4 Å². The summed E-state index contributed by atoms with van der Waals surface area (Å²) < 4.78 is 27.6. The molecule has 0 aromatic carbocycles. The minimum atomic E-state index is -3.70. The molecule has 0 aliphatic carbocycles. The molecule has 5 nitrogen and oxygen atoms in total. The molecular weight excluding hydrogens is 310 g/mol. The van der Waals surface area contributed by atoms with Crippen LogP contribution in [0.5, 0.6) is 0 Å². The van der Waals surface area contributed by atoms with E-state index >= 15 is 0 Å². The number of hydrogen-bond acceptors (Lipinski definition) is 5. The summed E-state index contributed by atoms with van der Waals surface area (Å²) in [5.74, 6) is -0.143. The first kappa shape index (κ1) is 14.8. The molecule has 1 N–H and O–H groups in total. The molecule has 0 spiro atoms. The molecule has 2 heterocycles. The molecule has 1 aromatic heterocycles. The van der Waals surface area contributed by atoms with Gasteiger partial charge in [-0.25, -0.2) is 8.42 Å². The lowest BCUT2D eigenvalue weighted by Gasteiger charge is -2.10. The summed E-state index contributed by atoms with van der Waals surface area (Å²) in [6.45, 7) is 1.26. The quantitative estimate of drug-likeness (QED) is 0.834. The van der Waals surface area contributed by atoms with Crippen LogP contribution in [0.25, 0.3) is 0 Å². The third-order valence-electron chi connectivity index (χ3n) is 2.76. The van der Waals surface area contributed by atoms with Crippen molar-refractivity contribution in [1.29, 1.82) is 0 Å². The molecule has 1 aliphatic heterocycles. The van der Waals surface area contributed by atoms with Crippen LogP contribution in [0.15, 0.2) is 16.3 Å². The van der Waals surface area contributed by atoms with Crippen LogP contribution in [0.3, 0.4) is 0 Å². The third kappa shape index (κ3) is 4.45. The lowest BCUT2D eigenvalue weighted by atomic mass is 10.2. The molecule has 1 unspecified atom stereocenters. The zero-order valence-corrected chi connectivity index (χ0v) is 12.5. The topological polar surface area (TPSA) is 72.5 Å². The van der Waals surface area contributed by atoms with E-state index in [9.17, 15) is 13.2 Å². The Morgan fingerprint density at radius 2 is 2.32 bits per heavy atom. The molecule has 1 atom stereocenters. The van der Waals surface area contributed by atoms with E-state index < -0.39 is 9.05 Å². The fourth-order valence-electron chi connectivity index (χ4n) is 1.84. The van der Waals surface area contributed by atoms with Crippen molar-refractivity contribution in [3.05, 3.63) is 17.0 Å². The number of amides is 1. The number of ether oxygens (including phenoxy) is 1. The average Bonchev–Trinajstić information content (AvgIpc) is 2.95. The van der Waals surface area contributed by atoms with Gasteiger partial charge < -0.3 is 10.1 Å². The molecule has 106 valence electrons. The fourth-order valence-corrected chi connectivity index (χ4v) is 3.96. The normalized spacial score (nSPS) is 19.5. The van der Waals surface area contributed by atoms with Gasteiger partial charge in [-0.3, -0.25) is 4.79 Å². The van der Waals surface area contributed by atoms with Gasteiger partial charge in [0.1, 0.15) is 4.21 Å². The van der Waals surface area contributed by atoms with E-state index in [1.165, 1.54) is 6.07 Å². The van der Waals surface area contributed by atoms with Crippen molar-refractivity contribution in [2.24, 2.45) is 0 Å².